The van der Waals surface area contributed by atoms with Gasteiger partial charge in [0.1, 0.15) is 6.07 Å². The second kappa shape index (κ2) is 7.95. The SMILES string of the molecule is COc1cc2cc(C#N)cnc2cc1OCCCN1CCNCC1. The molecule has 1 saturated heterocycles. The van der Waals surface area contributed by atoms with Gasteiger partial charge >= 0.3 is 0 Å². The second-order valence-electron chi connectivity index (χ2n) is 5.83. The number of aromatic nitrogens is 1. The van der Waals surface area contributed by atoms with Crippen molar-refractivity contribution in [2.45, 2.75) is 6.42 Å². The molecule has 1 aliphatic rings. The van der Waals surface area contributed by atoms with Gasteiger partial charge in [-0.3, -0.25) is 4.98 Å². The Labute approximate surface area is 142 Å². The molecule has 0 bridgehead atoms. The molecule has 1 aromatic heterocycles. The first-order valence-electron chi connectivity index (χ1n) is 8.24. The molecular formula is C18H22N4O2. The predicted octanol–water partition coefficient (Wildman–Crippen LogP) is 1.79. The minimum atomic E-state index is 0.536. The first kappa shape index (κ1) is 16.5. The molecule has 0 unspecified atom stereocenters. The molecule has 1 aliphatic heterocycles. The Hall–Kier alpha value is -2.36. The highest BCUT2D eigenvalue weighted by molar-refractivity contribution is 5.83. The number of benzene rings is 1. The first-order chi connectivity index (χ1) is 11.8. The Kier molecular flexibility index (Phi) is 5.47. The van der Waals surface area contributed by atoms with E-state index in [4.69, 9.17) is 14.7 Å². The molecule has 0 atom stereocenters. The third-order valence-corrected chi connectivity index (χ3v) is 4.18. The number of methoxy groups -OCH3 is 1. The van der Waals surface area contributed by atoms with E-state index in [9.17, 15) is 0 Å². The molecule has 6 heteroatoms. The maximum atomic E-state index is 8.98. The zero-order valence-electron chi connectivity index (χ0n) is 13.9. The molecule has 0 amide bonds. The molecule has 0 saturated carbocycles. The Morgan fingerprint density at radius 3 is 2.83 bits per heavy atom. The molecule has 1 N–H and O–H groups in total. The number of piperazine rings is 1. The topological polar surface area (TPSA) is 70.4 Å². The Morgan fingerprint density at radius 1 is 1.25 bits per heavy atom. The summed E-state index contributed by atoms with van der Waals surface area (Å²) >= 11 is 0. The summed E-state index contributed by atoms with van der Waals surface area (Å²) in [5.41, 5.74) is 1.33. The van der Waals surface area contributed by atoms with Crippen LogP contribution in [0.4, 0.5) is 0 Å². The molecule has 0 radical (unpaired) electrons. The summed E-state index contributed by atoms with van der Waals surface area (Å²) in [7, 11) is 1.62. The van der Waals surface area contributed by atoms with Gasteiger partial charge in [0, 0.05) is 50.4 Å². The maximum Gasteiger partial charge on any atom is 0.163 e. The predicted molar refractivity (Wildman–Crippen MR) is 92.4 cm³/mol. The fraction of sp³-hybridized carbons (Fsp3) is 0.444. The molecule has 2 aromatic rings. The van der Waals surface area contributed by atoms with Crippen molar-refractivity contribution in [2.75, 3.05) is 46.4 Å². The van der Waals surface area contributed by atoms with Crippen LogP contribution in [0.5, 0.6) is 11.5 Å². The van der Waals surface area contributed by atoms with Crippen molar-refractivity contribution in [3.8, 4) is 17.6 Å². The van der Waals surface area contributed by atoms with Crippen LogP contribution < -0.4 is 14.8 Å². The van der Waals surface area contributed by atoms with Gasteiger partial charge in [0.15, 0.2) is 11.5 Å². The zero-order valence-corrected chi connectivity index (χ0v) is 13.9. The Morgan fingerprint density at radius 2 is 2.08 bits per heavy atom. The van der Waals surface area contributed by atoms with Crippen LogP contribution in [-0.2, 0) is 0 Å². The van der Waals surface area contributed by atoms with E-state index in [1.54, 1.807) is 19.4 Å². The second-order valence-corrected chi connectivity index (χ2v) is 5.83. The van der Waals surface area contributed by atoms with E-state index >= 15 is 0 Å². The van der Waals surface area contributed by atoms with E-state index in [1.165, 1.54) is 0 Å². The molecule has 3 rings (SSSR count). The average molecular weight is 326 g/mol. The molecule has 0 aliphatic carbocycles. The third-order valence-electron chi connectivity index (χ3n) is 4.18. The Bertz CT molecular complexity index is 736. The van der Waals surface area contributed by atoms with E-state index in [0.717, 1.165) is 50.0 Å². The monoisotopic (exact) mass is 326 g/mol. The van der Waals surface area contributed by atoms with Crippen molar-refractivity contribution in [1.29, 1.82) is 5.26 Å². The fourth-order valence-electron chi connectivity index (χ4n) is 2.87. The van der Waals surface area contributed by atoms with Crippen molar-refractivity contribution < 1.29 is 9.47 Å². The van der Waals surface area contributed by atoms with Gasteiger partial charge in [-0.2, -0.15) is 5.26 Å². The van der Waals surface area contributed by atoms with Gasteiger partial charge in [0.05, 0.1) is 24.8 Å². The van der Waals surface area contributed by atoms with E-state index < -0.39 is 0 Å². The third kappa shape index (κ3) is 3.94. The molecule has 1 fully saturated rings. The van der Waals surface area contributed by atoms with Crippen molar-refractivity contribution in [3.05, 3.63) is 30.0 Å². The molecule has 2 heterocycles. The van der Waals surface area contributed by atoms with E-state index in [1.807, 2.05) is 12.1 Å². The van der Waals surface area contributed by atoms with Crippen LogP contribution in [0.25, 0.3) is 10.9 Å². The minimum absolute atomic E-state index is 0.536. The number of nitriles is 1. The van der Waals surface area contributed by atoms with Gasteiger partial charge in [-0.25, -0.2) is 0 Å². The summed E-state index contributed by atoms with van der Waals surface area (Å²) in [6, 6.07) is 7.65. The van der Waals surface area contributed by atoms with Gasteiger partial charge in [0.2, 0.25) is 0 Å². The van der Waals surface area contributed by atoms with E-state index in [0.29, 0.717) is 23.7 Å². The number of ether oxygens (including phenoxy) is 2. The largest absolute Gasteiger partial charge is 0.493 e. The highest BCUT2D eigenvalue weighted by Crippen LogP contribution is 2.32. The lowest BCUT2D eigenvalue weighted by atomic mass is 10.1. The van der Waals surface area contributed by atoms with Gasteiger partial charge < -0.3 is 19.7 Å². The van der Waals surface area contributed by atoms with Gasteiger partial charge in [-0.1, -0.05) is 0 Å². The number of rotatable bonds is 6. The smallest absolute Gasteiger partial charge is 0.163 e. The Balaban J connectivity index is 1.63. The van der Waals surface area contributed by atoms with Crippen LogP contribution in [0, 0.1) is 11.3 Å². The van der Waals surface area contributed by atoms with Gasteiger partial charge in [-0.15, -0.1) is 0 Å². The highest BCUT2D eigenvalue weighted by Gasteiger charge is 2.11. The van der Waals surface area contributed by atoms with Crippen molar-refractivity contribution in [3.63, 3.8) is 0 Å². The minimum Gasteiger partial charge on any atom is -0.493 e. The maximum absolute atomic E-state index is 8.98. The van der Waals surface area contributed by atoms with Crippen molar-refractivity contribution >= 4 is 10.9 Å². The van der Waals surface area contributed by atoms with Crippen LogP contribution >= 0.6 is 0 Å². The standard InChI is InChI=1S/C18H22N4O2/c1-23-17-10-15-9-14(12-19)13-21-16(15)11-18(17)24-8-2-5-22-6-3-20-4-7-22/h9-11,13,20H,2-8H2,1H3. The van der Waals surface area contributed by atoms with Gasteiger partial charge in [0.25, 0.3) is 0 Å². The summed E-state index contributed by atoms with van der Waals surface area (Å²) < 4.78 is 11.3. The van der Waals surface area contributed by atoms with Gasteiger partial charge in [-0.05, 0) is 18.6 Å². The summed E-state index contributed by atoms with van der Waals surface area (Å²) in [5, 5.41) is 13.2. The lowest BCUT2D eigenvalue weighted by Gasteiger charge is -2.27. The number of hydrogen-bond acceptors (Lipinski definition) is 6. The van der Waals surface area contributed by atoms with E-state index in [2.05, 4.69) is 21.3 Å². The lowest BCUT2D eigenvalue weighted by Crippen LogP contribution is -2.43. The number of nitrogens with zero attached hydrogens (tertiary/aromatic N) is 3. The number of nitrogens with one attached hydrogen (secondary N) is 1. The summed E-state index contributed by atoms with van der Waals surface area (Å²) in [6.07, 6.45) is 2.55. The molecular weight excluding hydrogens is 304 g/mol. The van der Waals surface area contributed by atoms with E-state index in [-0.39, 0.29) is 0 Å². The lowest BCUT2D eigenvalue weighted by molar-refractivity contribution is 0.211. The summed E-state index contributed by atoms with van der Waals surface area (Å²) in [5.74, 6) is 1.36. The molecule has 0 spiro atoms. The first-order valence-corrected chi connectivity index (χ1v) is 8.24. The van der Waals surface area contributed by atoms with Crippen molar-refractivity contribution in [1.82, 2.24) is 15.2 Å². The quantitative estimate of drug-likeness (QED) is 0.816. The van der Waals surface area contributed by atoms with Crippen LogP contribution in [-0.4, -0.2) is 56.3 Å². The molecule has 6 nitrogen and oxygen atoms in total. The van der Waals surface area contributed by atoms with Crippen LogP contribution in [0.15, 0.2) is 24.4 Å². The zero-order chi connectivity index (χ0) is 16.8. The summed E-state index contributed by atoms with van der Waals surface area (Å²) in [4.78, 5) is 6.76. The molecule has 126 valence electrons. The van der Waals surface area contributed by atoms with Crippen LogP contribution in [0.1, 0.15) is 12.0 Å². The highest BCUT2D eigenvalue weighted by atomic mass is 16.5. The number of fused-ring (bicyclic) bond motifs is 1. The summed E-state index contributed by atoms with van der Waals surface area (Å²) in [6.45, 7) is 6.02. The molecule has 1 aromatic carbocycles. The molecule has 24 heavy (non-hydrogen) atoms. The normalized spacial score (nSPS) is 15.2. The van der Waals surface area contributed by atoms with Crippen molar-refractivity contribution in [2.24, 2.45) is 0 Å². The average Bonchev–Trinajstić information content (AvgIpc) is 2.65. The fourth-order valence-corrected chi connectivity index (χ4v) is 2.87. The number of pyridine rings is 1. The number of hydrogen-bond donors (Lipinski definition) is 1. The van der Waals surface area contributed by atoms with Crippen LogP contribution in [0.3, 0.4) is 0 Å². The van der Waals surface area contributed by atoms with Crippen LogP contribution in [0.2, 0.25) is 0 Å².